The van der Waals surface area contributed by atoms with Crippen LogP contribution in [0.5, 0.6) is 0 Å². The van der Waals surface area contributed by atoms with Gasteiger partial charge < -0.3 is 9.73 Å². The van der Waals surface area contributed by atoms with Gasteiger partial charge in [-0.1, -0.05) is 43.8 Å². The predicted molar refractivity (Wildman–Crippen MR) is 102 cm³/mol. The van der Waals surface area contributed by atoms with Gasteiger partial charge in [0.2, 0.25) is 11.7 Å². The summed E-state index contributed by atoms with van der Waals surface area (Å²) in [6, 6.07) is 13.7. The maximum atomic E-state index is 12.2. The van der Waals surface area contributed by atoms with E-state index in [9.17, 15) is 4.79 Å². The number of nitrogens with zero attached hydrogens (tertiary/aromatic N) is 3. The number of carbonyl (C=O) groups is 1. The molecular weight excluding hydrogens is 348 g/mol. The molecule has 2 aromatic heterocycles. The summed E-state index contributed by atoms with van der Waals surface area (Å²) in [7, 11) is 0. The Balaban J connectivity index is 1.83. The van der Waals surface area contributed by atoms with E-state index in [4.69, 9.17) is 4.42 Å². The number of nitrogens with one attached hydrogen (secondary N) is 1. The van der Waals surface area contributed by atoms with Gasteiger partial charge in [-0.05, 0) is 37.1 Å². The zero-order chi connectivity index (χ0) is 18.4. The van der Waals surface area contributed by atoms with E-state index in [1.807, 2.05) is 47.0 Å². The summed E-state index contributed by atoms with van der Waals surface area (Å²) in [6.07, 6.45) is 3.46. The van der Waals surface area contributed by atoms with E-state index in [0.717, 1.165) is 18.5 Å². The lowest BCUT2D eigenvalue weighted by Crippen LogP contribution is -2.35. The van der Waals surface area contributed by atoms with Crippen LogP contribution in [0.3, 0.4) is 0 Å². The van der Waals surface area contributed by atoms with Crippen molar-refractivity contribution in [1.82, 2.24) is 20.1 Å². The molecule has 3 aromatic rings. The Morgan fingerprint density at radius 2 is 1.92 bits per heavy atom. The van der Waals surface area contributed by atoms with Gasteiger partial charge in [0, 0.05) is 11.7 Å². The maximum Gasteiger partial charge on any atom is 0.230 e. The van der Waals surface area contributed by atoms with Gasteiger partial charge in [-0.3, -0.25) is 9.36 Å². The smallest absolute Gasteiger partial charge is 0.230 e. The van der Waals surface area contributed by atoms with Crippen LogP contribution in [-0.2, 0) is 4.79 Å². The Morgan fingerprint density at radius 1 is 1.15 bits per heavy atom. The van der Waals surface area contributed by atoms with Crippen LogP contribution in [0.1, 0.15) is 26.7 Å². The molecule has 0 saturated carbocycles. The van der Waals surface area contributed by atoms with Crippen molar-refractivity contribution in [3.63, 3.8) is 0 Å². The Morgan fingerprint density at radius 3 is 2.58 bits per heavy atom. The van der Waals surface area contributed by atoms with E-state index in [0.29, 0.717) is 22.5 Å². The highest BCUT2D eigenvalue weighted by Gasteiger charge is 2.19. The highest BCUT2D eigenvalue weighted by Crippen LogP contribution is 2.28. The molecule has 136 valence electrons. The van der Waals surface area contributed by atoms with Crippen LogP contribution in [-0.4, -0.2) is 32.5 Å². The quantitative estimate of drug-likeness (QED) is 0.608. The number of aromatic nitrogens is 3. The van der Waals surface area contributed by atoms with E-state index in [1.165, 1.54) is 11.8 Å². The third-order valence-electron chi connectivity index (χ3n) is 4.07. The number of hydrogen-bond acceptors (Lipinski definition) is 5. The predicted octanol–water partition coefficient (Wildman–Crippen LogP) is 3.92. The van der Waals surface area contributed by atoms with Gasteiger partial charge in [-0.15, -0.1) is 10.2 Å². The van der Waals surface area contributed by atoms with Gasteiger partial charge in [0.05, 0.1) is 12.0 Å². The fourth-order valence-electron chi connectivity index (χ4n) is 2.63. The first-order valence-corrected chi connectivity index (χ1v) is 9.68. The molecule has 0 saturated heterocycles. The zero-order valence-electron chi connectivity index (χ0n) is 14.9. The van der Waals surface area contributed by atoms with Crippen molar-refractivity contribution in [3.05, 3.63) is 48.7 Å². The molecule has 0 unspecified atom stereocenters. The molecule has 0 aliphatic heterocycles. The SMILES string of the molecule is CCC(CC)NC(=O)CSc1nnc(-c2ccco2)n1-c1ccccc1. The molecule has 1 aromatic carbocycles. The normalized spacial score (nSPS) is 11.0. The van der Waals surface area contributed by atoms with Crippen LogP contribution in [0.25, 0.3) is 17.3 Å². The number of amides is 1. The van der Waals surface area contributed by atoms with Gasteiger partial charge in [0.25, 0.3) is 0 Å². The molecule has 6 nitrogen and oxygen atoms in total. The van der Waals surface area contributed by atoms with Gasteiger partial charge in [0.15, 0.2) is 10.9 Å². The maximum absolute atomic E-state index is 12.2. The summed E-state index contributed by atoms with van der Waals surface area (Å²) in [6.45, 7) is 4.15. The average Bonchev–Trinajstić information content (AvgIpc) is 3.34. The molecule has 1 N–H and O–H groups in total. The number of carbonyl (C=O) groups excluding carboxylic acids is 1. The summed E-state index contributed by atoms with van der Waals surface area (Å²) in [5, 5.41) is 12.2. The number of thioether (sulfide) groups is 1. The molecule has 0 fully saturated rings. The highest BCUT2D eigenvalue weighted by molar-refractivity contribution is 7.99. The van der Waals surface area contributed by atoms with E-state index in [1.54, 1.807) is 6.26 Å². The monoisotopic (exact) mass is 370 g/mol. The van der Waals surface area contributed by atoms with Gasteiger partial charge in [0.1, 0.15) is 0 Å². The van der Waals surface area contributed by atoms with Gasteiger partial charge in [-0.2, -0.15) is 0 Å². The fraction of sp³-hybridized carbons (Fsp3) is 0.316. The number of hydrogen-bond donors (Lipinski definition) is 1. The van der Waals surface area contributed by atoms with Crippen molar-refractivity contribution in [2.75, 3.05) is 5.75 Å². The second kappa shape index (κ2) is 8.71. The zero-order valence-corrected chi connectivity index (χ0v) is 15.7. The molecule has 7 heteroatoms. The lowest BCUT2D eigenvalue weighted by atomic mass is 10.2. The largest absolute Gasteiger partial charge is 0.461 e. The molecule has 3 rings (SSSR count). The number of rotatable bonds is 8. The van der Waals surface area contributed by atoms with Crippen molar-refractivity contribution in [2.45, 2.75) is 37.9 Å². The Bertz CT molecular complexity index is 827. The van der Waals surface area contributed by atoms with Crippen molar-refractivity contribution >= 4 is 17.7 Å². The third-order valence-corrected chi connectivity index (χ3v) is 5.00. The number of furan rings is 1. The molecule has 0 aliphatic rings. The summed E-state index contributed by atoms with van der Waals surface area (Å²) < 4.78 is 7.40. The minimum atomic E-state index is 0.00543. The Labute approximate surface area is 157 Å². The van der Waals surface area contributed by atoms with Crippen LogP contribution in [0, 0.1) is 0 Å². The lowest BCUT2D eigenvalue weighted by molar-refractivity contribution is -0.119. The molecule has 0 bridgehead atoms. The first-order chi connectivity index (χ1) is 12.7. The van der Waals surface area contributed by atoms with Crippen LogP contribution >= 0.6 is 11.8 Å². The van der Waals surface area contributed by atoms with Crippen molar-refractivity contribution < 1.29 is 9.21 Å². The third kappa shape index (κ3) is 4.16. The van der Waals surface area contributed by atoms with E-state index < -0.39 is 0 Å². The summed E-state index contributed by atoms with van der Waals surface area (Å²) in [4.78, 5) is 12.2. The van der Waals surface area contributed by atoms with Crippen LogP contribution in [0.15, 0.2) is 58.3 Å². The van der Waals surface area contributed by atoms with Crippen molar-refractivity contribution in [2.24, 2.45) is 0 Å². The summed E-state index contributed by atoms with van der Waals surface area (Å²) in [5.41, 5.74) is 0.923. The van der Waals surface area contributed by atoms with Crippen molar-refractivity contribution in [1.29, 1.82) is 0 Å². The Hall–Kier alpha value is -2.54. The molecule has 0 spiro atoms. The Kier molecular flexibility index (Phi) is 6.12. The molecule has 2 heterocycles. The summed E-state index contributed by atoms with van der Waals surface area (Å²) >= 11 is 1.37. The molecule has 26 heavy (non-hydrogen) atoms. The topological polar surface area (TPSA) is 73.0 Å². The number of benzene rings is 1. The van der Waals surface area contributed by atoms with Gasteiger partial charge >= 0.3 is 0 Å². The molecule has 0 atom stereocenters. The van der Waals surface area contributed by atoms with Crippen molar-refractivity contribution in [3.8, 4) is 17.3 Å². The van der Waals surface area contributed by atoms with Gasteiger partial charge in [-0.25, -0.2) is 0 Å². The fourth-order valence-corrected chi connectivity index (χ4v) is 3.39. The second-order valence-electron chi connectivity index (χ2n) is 5.82. The van der Waals surface area contributed by atoms with E-state index >= 15 is 0 Å². The van der Waals surface area contributed by atoms with E-state index in [-0.39, 0.29) is 11.9 Å². The van der Waals surface area contributed by atoms with Crippen LogP contribution in [0.2, 0.25) is 0 Å². The molecular formula is C19H22N4O2S. The van der Waals surface area contributed by atoms with Crippen LogP contribution in [0.4, 0.5) is 0 Å². The average molecular weight is 370 g/mol. The lowest BCUT2D eigenvalue weighted by Gasteiger charge is -2.14. The molecule has 0 aliphatic carbocycles. The number of para-hydroxylation sites is 1. The molecule has 1 amide bonds. The minimum Gasteiger partial charge on any atom is -0.461 e. The highest BCUT2D eigenvalue weighted by atomic mass is 32.2. The molecule has 0 radical (unpaired) electrons. The van der Waals surface area contributed by atoms with Crippen LogP contribution < -0.4 is 5.32 Å². The standard InChI is InChI=1S/C19H22N4O2S/c1-3-14(4-2)20-17(24)13-26-19-22-21-18(16-11-8-12-25-16)23(19)15-9-6-5-7-10-15/h5-12,14H,3-4,13H2,1-2H3,(H,20,24). The first-order valence-electron chi connectivity index (χ1n) is 8.69. The minimum absolute atomic E-state index is 0.00543. The second-order valence-corrected chi connectivity index (χ2v) is 6.77. The first kappa shape index (κ1) is 18.3. The summed E-state index contributed by atoms with van der Waals surface area (Å²) in [5.74, 6) is 1.55. The van der Waals surface area contributed by atoms with E-state index in [2.05, 4.69) is 29.4 Å².